The van der Waals surface area contributed by atoms with E-state index in [1.54, 1.807) is 7.11 Å². The van der Waals surface area contributed by atoms with Crippen LogP contribution in [0, 0.1) is 0 Å². The molecule has 1 unspecified atom stereocenters. The van der Waals surface area contributed by atoms with Crippen LogP contribution in [0.25, 0.3) is 0 Å². The smallest absolute Gasteiger partial charge is 0.119 e. The van der Waals surface area contributed by atoms with Gasteiger partial charge in [-0.2, -0.15) is 0 Å². The molecule has 2 nitrogen and oxygen atoms in total. The second kappa shape index (κ2) is 7.46. The largest absolute Gasteiger partial charge is 0.497 e. The fourth-order valence-corrected chi connectivity index (χ4v) is 2.79. The third kappa shape index (κ3) is 3.84. The van der Waals surface area contributed by atoms with Gasteiger partial charge in [0.1, 0.15) is 5.75 Å². The summed E-state index contributed by atoms with van der Waals surface area (Å²) >= 11 is 3.60. The van der Waals surface area contributed by atoms with Gasteiger partial charge in [-0.05, 0) is 54.6 Å². The molecule has 0 saturated carbocycles. The zero-order chi connectivity index (χ0) is 14.4. The molecule has 0 radical (unpaired) electrons. The van der Waals surface area contributed by atoms with Crippen molar-refractivity contribution in [1.29, 1.82) is 0 Å². The highest BCUT2D eigenvalue weighted by Gasteiger charge is 2.11. The first-order chi connectivity index (χ1) is 9.74. The molecule has 0 aliphatic rings. The molecule has 2 aromatic rings. The summed E-state index contributed by atoms with van der Waals surface area (Å²) < 4.78 is 6.41. The molecule has 0 spiro atoms. The average molecular weight is 334 g/mol. The molecule has 0 aliphatic carbocycles. The Bertz CT molecular complexity index is 542. The van der Waals surface area contributed by atoms with Crippen LogP contribution in [0.4, 0.5) is 0 Å². The van der Waals surface area contributed by atoms with Crippen LogP contribution in [0.2, 0.25) is 0 Å². The number of hydrogen-bond donors (Lipinski definition) is 1. The van der Waals surface area contributed by atoms with Gasteiger partial charge in [0.2, 0.25) is 0 Å². The van der Waals surface area contributed by atoms with Gasteiger partial charge in [0.05, 0.1) is 7.11 Å². The minimum absolute atomic E-state index is 0.398. The Labute approximate surface area is 129 Å². The fraction of sp³-hybridized carbons (Fsp3) is 0.294. The molecule has 106 valence electrons. The molecule has 0 aromatic heterocycles. The third-order valence-corrected chi connectivity index (χ3v) is 4.34. The fourth-order valence-electron chi connectivity index (χ4n) is 2.35. The average Bonchev–Trinajstić information content (AvgIpc) is 2.50. The summed E-state index contributed by atoms with van der Waals surface area (Å²) in [5.41, 5.74) is 8.50. The normalized spacial score (nSPS) is 12.2. The van der Waals surface area contributed by atoms with Gasteiger partial charge in [0.25, 0.3) is 0 Å². The second-order valence-corrected chi connectivity index (χ2v) is 5.69. The summed E-state index contributed by atoms with van der Waals surface area (Å²) in [6.45, 7) is 0.672. The Morgan fingerprint density at radius 2 is 1.90 bits per heavy atom. The number of nitrogens with two attached hydrogens (primary N) is 1. The van der Waals surface area contributed by atoms with Crippen LogP contribution >= 0.6 is 15.9 Å². The molecule has 2 aromatic carbocycles. The zero-order valence-electron chi connectivity index (χ0n) is 11.7. The molecule has 2 rings (SSSR count). The van der Waals surface area contributed by atoms with Crippen LogP contribution < -0.4 is 10.5 Å². The third-order valence-electron chi connectivity index (χ3n) is 3.57. The topological polar surface area (TPSA) is 35.2 Å². The van der Waals surface area contributed by atoms with Gasteiger partial charge in [-0.15, -0.1) is 0 Å². The molecule has 0 saturated heterocycles. The lowest BCUT2D eigenvalue weighted by Gasteiger charge is -2.16. The van der Waals surface area contributed by atoms with E-state index in [0.717, 1.165) is 23.1 Å². The van der Waals surface area contributed by atoms with E-state index < -0.39 is 0 Å². The van der Waals surface area contributed by atoms with Crippen LogP contribution in [0.3, 0.4) is 0 Å². The lowest BCUT2D eigenvalue weighted by molar-refractivity contribution is 0.414. The number of methoxy groups -OCH3 is 1. The predicted octanol–water partition coefficient (Wildman–Crippen LogP) is 4.13. The van der Waals surface area contributed by atoms with Crippen molar-refractivity contribution >= 4 is 15.9 Å². The van der Waals surface area contributed by atoms with Crippen LogP contribution in [0.15, 0.2) is 53.0 Å². The van der Waals surface area contributed by atoms with Crippen molar-refractivity contribution in [2.45, 2.75) is 18.8 Å². The van der Waals surface area contributed by atoms with E-state index in [0.29, 0.717) is 12.5 Å². The van der Waals surface area contributed by atoms with E-state index in [9.17, 15) is 0 Å². The molecule has 0 fully saturated rings. The maximum Gasteiger partial charge on any atom is 0.119 e. The number of ether oxygens (including phenoxy) is 1. The number of halogens is 1. The van der Waals surface area contributed by atoms with Gasteiger partial charge in [0.15, 0.2) is 0 Å². The van der Waals surface area contributed by atoms with Gasteiger partial charge in [-0.3, -0.25) is 0 Å². The van der Waals surface area contributed by atoms with E-state index in [-0.39, 0.29) is 0 Å². The SMILES string of the molecule is COc1ccc(Br)c(CCC(CN)c2ccccc2)c1. The quantitative estimate of drug-likeness (QED) is 0.862. The second-order valence-electron chi connectivity index (χ2n) is 4.84. The van der Waals surface area contributed by atoms with Gasteiger partial charge in [-0.1, -0.05) is 46.3 Å². The highest BCUT2D eigenvalue weighted by atomic mass is 79.9. The molecular weight excluding hydrogens is 314 g/mol. The van der Waals surface area contributed by atoms with E-state index in [1.165, 1.54) is 11.1 Å². The molecule has 3 heteroatoms. The van der Waals surface area contributed by atoms with Crippen LogP contribution in [-0.4, -0.2) is 13.7 Å². The number of aryl methyl sites for hydroxylation is 1. The van der Waals surface area contributed by atoms with Crippen molar-refractivity contribution in [3.63, 3.8) is 0 Å². The molecule has 0 aliphatic heterocycles. The van der Waals surface area contributed by atoms with E-state index >= 15 is 0 Å². The highest BCUT2D eigenvalue weighted by Crippen LogP contribution is 2.27. The zero-order valence-corrected chi connectivity index (χ0v) is 13.3. The summed E-state index contributed by atoms with van der Waals surface area (Å²) in [4.78, 5) is 0. The van der Waals surface area contributed by atoms with Crippen molar-refractivity contribution in [2.24, 2.45) is 5.73 Å². The number of rotatable bonds is 6. The standard InChI is InChI=1S/C17H20BrNO/c1-20-16-9-10-17(18)14(11-16)7-8-15(12-19)13-5-3-2-4-6-13/h2-6,9-11,15H,7-8,12,19H2,1H3. The van der Waals surface area contributed by atoms with E-state index in [4.69, 9.17) is 10.5 Å². The molecular formula is C17H20BrNO. The van der Waals surface area contributed by atoms with Gasteiger partial charge >= 0.3 is 0 Å². The van der Waals surface area contributed by atoms with Crippen LogP contribution in [0.5, 0.6) is 5.75 Å². The van der Waals surface area contributed by atoms with Gasteiger partial charge in [0, 0.05) is 4.47 Å². The predicted molar refractivity (Wildman–Crippen MR) is 87.3 cm³/mol. The van der Waals surface area contributed by atoms with E-state index in [1.807, 2.05) is 18.2 Å². The molecule has 0 amide bonds. The lowest BCUT2D eigenvalue weighted by Crippen LogP contribution is -2.13. The Morgan fingerprint density at radius 3 is 2.55 bits per heavy atom. The molecule has 1 atom stereocenters. The summed E-state index contributed by atoms with van der Waals surface area (Å²) in [6.07, 6.45) is 2.01. The van der Waals surface area contributed by atoms with Crippen molar-refractivity contribution in [3.05, 3.63) is 64.1 Å². The van der Waals surface area contributed by atoms with E-state index in [2.05, 4.69) is 46.3 Å². The van der Waals surface area contributed by atoms with Crippen molar-refractivity contribution in [3.8, 4) is 5.75 Å². The van der Waals surface area contributed by atoms with Crippen LogP contribution in [0.1, 0.15) is 23.5 Å². The maximum atomic E-state index is 5.93. The molecule has 0 heterocycles. The highest BCUT2D eigenvalue weighted by molar-refractivity contribution is 9.10. The Kier molecular flexibility index (Phi) is 5.62. The van der Waals surface area contributed by atoms with Crippen molar-refractivity contribution in [1.82, 2.24) is 0 Å². The Hall–Kier alpha value is -1.32. The minimum atomic E-state index is 0.398. The van der Waals surface area contributed by atoms with Crippen molar-refractivity contribution in [2.75, 3.05) is 13.7 Å². The number of benzene rings is 2. The lowest BCUT2D eigenvalue weighted by atomic mass is 9.92. The monoisotopic (exact) mass is 333 g/mol. The molecule has 2 N–H and O–H groups in total. The number of hydrogen-bond acceptors (Lipinski definition) is 2. The van der Waals surface area contributed by atoms with Gasteiger partial charge in [-0.25, -0.2) is 0 Å². The first kappa shape index (κ1) is 15.1. The molecule has 0 bridgehead atoms. The summed E-state index contributed by atoms with van der Waals surface area (Å²) in [6, 6.07) is 16.6. The summed E-state index contributed by atoms with van der Waals surface area (Å²) in [7, 11) is 1.69. The Morgan fingerprint density at radius 1 is 1.15 bits per heavy atom. The van der Waals surface area contributed by atoms with Crippen LogP contribution in [-0.2, 0) is 6.42 Å². The first-order valence-corrected chi connectivity index (χ1v) is 7.61. The summed E-state index contributed by atoms with van der Waals surface area (Å²) in [5.74, 6) is 1.29. The summed E-state index contributed by atoms with van der Waals surface area (Å²) in [5, 5.41) is 0. The van der Waals surface area contributed by atoms with Crippen molar-refractivity contribution < 1.29 is 4.74 Å². The first-order valence-electron chi connectivity index (χ1n) is 6.82. The van der Waals surface area contributed by atoms with Gasteiger partial charge < -0.3 is 10.5 Å². The minimum Gasteiger partial charge on any atom is -0.497 e. The molecule has 20 heavy (non-hydrogen) atoms. The Balaban J connectivity index is 2.07. The maximum absolute atomic E-state index is 5.93.